The average Bonchev–Trinajstić information content (AvgIpc) is 2.83. The van der Waals surface area contributed by atoms with E-state index < -0.39 is 11.8 Å². The number of anilines is 1. The lowest BCUT2D eigenvalue weighted by molar-refractivity contribution is -0.119. The van der Waals surface area contributed by atoms with Crippen LogP contribution in [0.2, 0.25) is 5.02 Å². The van der Waals surface area contributed by atoms with Crippen molar-refractivity contribution in [3.05, 3.63) is 64.1 Å². The van der Waals surface area contributed by atoms with Crippen molar-refractivity contribution in [2.45, 2.75) is 13.3 Å². The zero-order valence-electron chi connectivity index (χ0n) is 13.5. The number of rotatable bonds is 5. The fraction of sp³-hybridized carbons (Fsp3) is 0.158. The van der Waals surface area contributed by atoms with Crippen molar-refractivity contribution < 1.29 is 14.3 Å². The Morgan fingerprint density at radius 3 is 2.36 bits per heavy atom. The number of carbonyl (C=O) groups excluding carboxylic acids is 2. The summed E-state index contributed by atoms with van der Waals surface area (Å²) in [5.41, 5.74) is 1.13. The Balaban J connectivity index is 1.92. The Morgan fingerprint density at radius 1 is 1.00 bits per heavy atom. The Morgan fingerprint density at radius 2 is 1.72 bits per heavy atom. The van der Waals surface area contributed by atoms with Crippen molar-refractivity contribution in [2.24, 2.45) is 0 Å². The zero-order chi connectivity index (χ0) is 18.0. The Labute approximate surface area is 155 Å². The lowest BCUT2D eigenvalue weighted by Crippen LogP contribution is -2.31. The maximum Gasteiger partial charge on any atom is 0.277 e. The van der Waals surface area contributed by atoms with Crippen LogP contribution >= 0.6 is 23.2 Å². The molecule has 0 spiro atoms. The van der Waals surface area contributed by atoms with Gasteiger partial charge in [-0.1, -0.05) is 48.3 Å². The predicted octanol–water partition coefficient (Wildman–Crippen LogP) is 4.65. The number of benzene rings is 2. The zero-order valence-corrected chi connectivity index (χ0v) is 15.0. The molecule has 0 atom stereocenters. The highest BCUT2D eigenvalue weighted by Gasteiger charge is 2.39. The first-order valence-corrected chi connectivity index (χ1v) is 8.56. The molecule has 2 aromatic carbocycles. The van der Waals surface area contributed by atoms with Gasteiger partial charge in [0.2, 0.25) is 0 Å². The molecule has 4 nitrogen and oxygen atoms in total. The molecule has 1 heterocycles. The molecule has 128 valence electrons. The van der Waals surface area contributed by atoms with Gasteiger partial charge in [0.15, 0.2) is 0 Å². The number of carbonyl (C=O) groups is 2. The molecule has 0 radical (unpaired) electrons. The molecule has 2 aromatic rings. The van der Waals surface area contributed by atoms with Crippen LogP contribution in [0.5, 0.6) is 5.75 Å². The third-order valence-corrected chi connectivity index (χ3v) is 4.30. The monoisotopic (exact) mass is 375 g/mol. The van der Waals surface area contributed by atoms with Crippen LogP contribution in [0.1, 0.15) is 18.9 Å². The predicted molar refractivity (Wildman–Crippen MR) is 98.9 cm³/mol. The third-order valence-electron chi connectivity index (χ3n) is 3.71. The number of ether oxygens (including phenoxy) is 1. The van der Waals surface area contributed by atoms with Gasteiger partial charge in [-0.05, 0) is 42.3 Å². The molecule has 0 unspecified atom stereocenters. The molecule has 3 rings (SSSR count). The minimum Gasteiger partial charge on any atom is -0.494 e. The Bertz CT molecular complexity index is 859. The smallest absolute Gasteiger partial charge is 0.277 e. The normalized spacial score (nSPS) is 14.4. The van der Waals surface area contributed by atoms with Gasteiger partial charge in [-0.3, -0.25) is 9.59 Å². The molecule has 0 saturated carbocycles. The number of hydrogen-bond donors (Lipinski definition) is 0. The van der Waals surface area contributed by atoms with Crippen molar-refractivity contribution in [1.82, 2.24) is 0 Å². The minimum absolute atomic E-state index is 0.104. The lowest BCUT2D eigenvalue weighted by atomic mass is 10.1. The number of amides is 2. The van der Waals surface area contributed by atoms with Crippen LogP contribution in [-0.4, -0.2) is 18.4 Å². The van der Waals surface area contributed by atoms with E-state index in [4.69, 9.17) is 27.9 Å². The van der Waals surface area contributed by atoms with E-state index >= 15 is 0 Å². The van der Waals surface area contributed by atoms with Gasteiger partial charge < -0.3 is 4.74 Å². The Kier molecular flexibility index (Phi) is 5.11. The van der Waals surface area contributed by atoms with Crippen molar-refractivity contribution in [1.29, 1.82) is 0 Å². The molecular weight excluding hydrogens is 361 g/mol. The minimum atomic E-state index is -0.560. The van der Waals surface area contributed by atoms with Crippen LogP contribution < -0.4 is 9.64 Å². The highest BCUT2D eigenvalue weighted by molar-refractivity contribution is 6.60. The molecule has 25 heavy (non-hydrogen) atoms. The van der Waals surface area contributed by atoms with Gasteiger partial charge in [-0.15, -0.1) is 0 Å². The van der Waals surface area contributed by atoms with E-state index in [9.17, 15) is 9.59 Å². The first-order valence-electron chi connectivity index (χ1n) is 7.80. The van der Waals surface area contributed by atoms with Gasteiger partial charge in [0, 0.05) is 5.02 Å². The number of nitrogens with zero attached hydrogens (tertiary/aromatic N) is 1. The van der Waals surface area contributed by atoms with E-state index in [2.05, 4.69) is 0 Å². The number of halogens is 2. The average molecular weight is 376 g/mol. The summed E-state index contributed by atoms with van der Waals surface area (Å²) < 4.78 is 5.53. The van der Waals surface area contributed by atoms with Crippen LogP contribution in [0, 0.1) is 0 Å². The second-order valence-electron chi connectivity index (χ2n) is 5.49. The molecule has 1 aliphatic rings. The summed E-state index contributed by atoms with van der Waals surface area (Å²) in [4.78, 5) is 26.3. The van der Waals surface area contributed by atoms with Crippen molar-refractivity contribution >= 4 is 46.3 Å². The molecule has 0 bridgehead atoms. The summed E-state index contributed by atoms with van der Waals surface area (Å²) in [5, 5.41) is 0.326. The van der Waals surface area contributed by atoms with Crippen molar-refractivity contribution in [2.75, 3.05) is 11.5 Å². The largest absolute Gasteiger partial charge is 0.494 e. The van der Waals surface area contributed by atoms with E-state index in [1.54, 1.807) is 48.5 Å². The van der Waals surface area contributed by atoms with Crippen LogP contribution in [-0.2, 0) is 9.59 Å². The summed E-state index contributed by atoms with van der Waals surface area (Å²) in [5.74, 6) is -0.333. The van der Waals surface area contributed by atoms with Gasteiger partial charge in [0.05, 0.1) is 17.9 Å². The molecular formula is C19H15Cl2NO3. The summed E-state index contributed by atoms with van der Waals surface area (Å²) in [6.45, 7) is 2.63. The second-order valence-corrected chi connectivity index (χ2v) is 6.30. The molecule has 0 aliphatic carbocycles. The molecule has 0 N–H and O–H groups in total. The van der Waals surface area contributed by atoms with Gasteiger partial charge in [-0.2, -0.15) is 0 Å². The highest BCUT2D eigenvalue weighted by Crippen LogP contribution is 2.35. The van der Waals surface area contributed by atoms with E-state index in [1.165, 1.54) is 0 Å². The van der Waals surface area contributed by atoms with Crippen molar-refractivity contribution in [3.8, 4) is 5.75 Å². The van der Waals surface area contributed by atoms with Crippen molar-refractivity contribution in [3.63, 3.8) is 0 Å². The molecule has 1 aliphatic heterocycles. The fourth-order valence-electron chi connectivity index (χ4n) is 2.54. The molecule has 0 aromatic heterocycles. The van der Waals surface area contributed by atoms with E-state index in [-0.39, 0.29) is 10.6 Å². The second kappa shape index (κ2) is 7.30. The molecule has 6 heteroatoms. The van der Waals surface area contributed by atoms with Crippen LogP contribution in [0.3, 0.4) is 0 Å². The number of imide groups is 1. The highest BCUT2D eigenvalue weighted by atomic mass is 35.5. The van der Waals surface area contributed by atoms with Gasteiger partial charge in [0.1, 0.15) is 10.8 Å². The Hall–Kier alpha value is -2.30. The quantitative estimate of drug-likeness (QED) is 0.714. The molecule has 0 fully saturated rings. The lowest BCUT2D eigenvalue weighted by Gasteiger charge is -2.15. The SMILES string of the molecule is CCCOc1ccc(C2=C(Cl)C(=O)N(c3cccc(Cl)c3)C2=O)cc1. The maximum absolute atomic E-state index is 12.8. The van der Waals surface area contributed by atoms with E-state index in [0.717, 1.165) is 11.3 Å². The first kappa shape index (κ1) is 17.5. The van der Waals surface area contributed by atoms with Gasteiger partial charge in [0.25, 0.3) is 11.8 Å². The maximum atomic E-state index is 12.8. The van der Waals surface area contributed by atoms with Crippen LogP contribution in [0.15, 0.2) is 53.6 Å². The molecule has 0 saturated heterocycles. The van der Waals surface area contributed by atoms with E-state index in [1.807, 2.05) is 6.92 Å². The molecule has 2 amide bonds. The third kappa shape index (κ3) is 3.41. The van der Waals surface area contributed by atoms with Crippen LogP contribution in [0.25, 0.3) is 5.57 Å². The van der Waals surface area contributed by atoms with Gasteiger partial charge in [-0.25, -0.2) is 4.90 Å². The standard InChI is InChI=1S/C19H15Cl2NO3/c1-2-10-25-15-8-6-12(7-9-15)16-17(21)19(24)22(18(16)23)14-5-3-4-13(20)11-14/h3-9,11H,2,10H2,1H3. The van der Waals surface area contributed by atoms with Gasteiger partial charge >= 0.3 is 0 Å². The summed E-state index contributed by atoms with van der Waals surface area (Å²) in [7, 11) is 0. The summed E-state index contributed by atoms with van der Waals surface area (Å²) >= 11 is 12.1. The summed E-state index contributed by atoms with van der Waals surface area (Å²) in [6.07, 6.45) is 0.903. The van der Waals surface area contributed by atoms with Crippen LogP contribution in [0.4, 0.5) is 5.69 Å². The first-order chi connectivity index (χ1) is 12.0. The van der Waals surface area contributed by atoms with E-state index in [0.29, 0.717) is 28.6 Å². The number of hydrogen-bond acceptors (Lipinski definition) is 3. The summed E-state index contributed by atoms with van der Waals surface area (Å²) in [6, 6.07) is 13.5. The fourth-order valence-corrected chi connectivity index (χ4v) is 3.00. The topological polar surface area (TPSA) is 46.6 Å².